The molecule has 0 amide bonds. The Morgan fingerprint density at radius 1 is 0.343 bits per heavy atom. The molecule has 0 bridgehead atoms. The van der Waals surface area contributed by atoms with Gasteiger partial charge in [0.1, 0.15) is 49.8 Å². The molecule has 9 aromatic rings. The van der Waals surface area contributed by atoms with Crippen molar-refractivity contribution in [1.82, 2.24) is 39.9 Å². The molecule has 0 aliphatic heterocycles. The highest BCUT2D eigenvalue weighted by Gasteiger charge is 2.16. The molecule has 6 N–H and O–H groups in total. The van der Waals surface area contributed by atoms with Gasteiger partial charge in [-0.3, -0.25) is 9.97 Å². The highest BCUT2D eigenvalue weighted by Crippen LogP contribution is 2.41. The number of benzene rings is 5. The van der Waals surface area contributed by atoms with Gasteiger partial charge in [0.05, 0.1) is 100 Å². The lowest BCUT2D eigenvalue weighted by molar-refractivity contribution is 0.417. The van der Waals surface area contributed by atoms with Crippen molar-refractivity contribution in [2.45, 2.75) is 27.7 Å². The largest absolute Gasteiger partial charge is 0.504 e. The summed E-state index contributed by atoms with van der Waals surface area (Å²) in [6, 6.07) is 7.61. The molecule has 0 aliphatic rings. The highest BCUT2D eigenvalue weighted by atomic mass is 35.5. The topological polar surface area (TPSA) is 223 Å². The maximum atomic E-state index is 9.61. The Balaban J connectivity index is 0.000000163. The summed E-state index contributed by atoms with van der Waals surface area (Å²) in [5.74, 6) is 1.20. The van der Waals surface area contributed by atoms with Gasteiger partial charge < -0.3 is 35.9 Å². The van der Waals surface area contributed by atoms with Crippen LogP contribution in [0.15, 0.2) is 55.1 Å². The Labute approximate surface area is 449 Å². The van der Waals surface area contributed by atoms with Crippen LogP contribution in [0.25, 0.3) is 44.1 Å². The summed E-state index contributed by atoms with van der Waals surface area (Å²) in [7, 11) is 4.54. The first-order valence-electron chi connectivity index (χ1n) is 19.5. The zero-order valence-corrected chi connectivity index (χ0v) is 44.9. The molecular weight excluding hydrogens is 1120 g/mol. The number of nitrogens with zero attached hydrogens (tertiary/aromatic N) is 8. The zero-order valence-electron chi connectivity index (χ0n) is 37.3. The number of ether oxygens (including phenoxy) is 3. The van der Waals surface area contributed by atoms with Gasteiger partial charge in [-0.1, -0.05) is 116 Å². The number of aromatic nitrogens is 8. The second-order valence-electron chi connectivity index (χ2n) is 14.2. The molecule has 0 saturated carbocycles. The van der Waals surface area contributed by atoms with E-state index in [0.717, 1.165) is 17.1 Å². The van der Waals surface area contributed by atoms with E-state index in [1.807, 2.05) is 13.8 Å². The smallest absolute Gasteiger partial charge is 0.165 e. The average Bonchev–Trinajstić information content (AvgIpc) is 3.30. The van der Waals surface area contributed by atoms with Crippen molar-refractivity contribution >= 4 is 172 Å². The molecule has 0 spiro atoms. The summed E-state index contributed by atoms with van der Waals surface area (Å²) in [5.41, 5.74) is 18.7. The highest BCUT2D eigenvalue weighted by molar-refractivity contribution is 6.41. The van der Waals surface area contributed by atoms with Crippen molar-refractivity contribution < 1.29 is 24.4 Å². The van der Waals surface area contributed by atoms with E-state index >= 15 is 0 Å². The summed E-state index contributed by atoms with van der Waals surface area (Å²) in [6.07, 6.45) is 6.44. The number of nitrogens with two attached hydrogens (primary N) is 2. The third-order valence-corrected chi connectivity index (χ3v) is 12.0. The number of aryl methyl sites for hydroxylation is 4. The number of fused-ring (bicyclic) bond motifs is 4. The molecule has 5 aromatic carbocycles. The van der Waals surface area contributed by atoms with Crippen molar-refractivity contribution in [3.8, 4) is 28.7 Å². The van der Waals surface area contributed by atoms with E-state index in [2.05, 4.69) is 39.9 Å². The maximum Gasteiger partial charge on any atom is 0.165 e. The number of methoxy groups -OCH3 is 3. The second kappa shape index (κ2) is 24.4. The fraction of sp³-hybridized carbons (Fsp3) is 0.156. The standard InChI is InChI=1S/2C10H8Cl2N2O.2C9H6Cl2N2O.C7H8Cl2N2O/c1-5-4-13-9-8(14-5)6(11)3-7(12)10(9)15-2;1-5-4-13-8-6(11)3-7(12)10(15-2)9(8)14-5;1-4-3-12-8-7(13-4)5(10)2-6(11)9(8)14;1-4-3-12-7-5(10)2-6(11)9(14)8(7)13-4;1-12-7-4(9)2-3(8)5(10)6(7)11/h2*3-4H,1-2H3;2*2-3,14H,1H3;2H,10-11H2,1H3. The van der Waals surface area contributed by atoms with Gasteiger partial charge in [0, 0.05) is 24.8 Å². The van der Waals surface area contributed by atoms with Gasteiger partial charge in [-0.15, -0.1) is 0 Å². The van der Waals surface area contributed by atoms with Crippen molar-refractivity contribution in [3.05, 3.63) is 128 Å². The molecule has 4 aromatic heterocycles. The third kappa shape index (κ3) is 12.9. The first kappa shape index (κ1) is 55.9. The number of phenolic OH excluding ortho intramolecular Hbond substituents is 2. The SMILES string of the molecule is COc1c(Cl)cc(Cl)c(N)c1N.COc1c(Cl)cc(Cl)c2nc(C)cnc12.COc1c(Cl)cc(Cl)c2ncc(C)nc12.Cc1cnc2c(Cl)cc(Cl)c(O)c2n1.Cc1cnc2c(O)c(Cl)cc(Cl)c2n1. The quantitative estimate of drug-likeness (QED) is 0.121. The van der Waals surface area contributed by atoms with Crippen LogP contribution < -0.4 is 25.7 Å². The monoisotopic (exact) mass is 1150 g/mol. The van der Waals surface area contributed by atoms with Crippen molar-refractivity contribution in [3.63, 3.8) is 0 Å². The minimum atomic E-state index is -0.0847. The molecular formula is C45H36Cl10N10O5. The maximum absolute atomic E-state index is 9.61. The van der Waals surface area contributed by atoms with E-state index < -0.39 is 0 Å². The number of hydrogen-bond donors (Lipinski definition) is 4. The van der Waals surface area contributed by atoms with Crippen LogP contribution in [0.5, 0.6) is 28.7 Å². The molecule has 15 nitrogen and oxygen atoms in total. The third-order valence-electron chi connectivity index (χ3n) is 9.13. The lowest BCUT2D eigenvalue weighted by atomic mass is 10.2. The van der Waals surface area contributed by atoms with Gasteiger partial charge in [0.25, 0.3) is 0 Å². The van der Waals surface area contributed by atoms with Crippen LogP contribution in [0.4, 0.5) is 11.4 Å². The van der Waals surface area contributed by atoms with Crippen LogP contribution >= 0.6 is 116 Å². The molecule has 9 rings (SSSR count). The normalized spacial score (nSPS) is 10.6. The Bertz CT molecular complexity index is 3430. The molecule has 0 atom stereocenters. The fourth-order valence-corrected chi connectivity index (χ4v) is 8.63. The zero-order chi connectivity index (χ0) is 51.9. The Kier molecular flexibility index (Phi) is 19.5. The van der Waals surface area contributed by atoms with E-state index in [0.29, 0.717) is 107 Å². The molecule has 0 saturated heterocycles. The number of rotatable bonds is 3. The molecule has 0 fully saturated rings. The minimum absolute atomic E-state index is 0.0812. The van der Waals surface area contributed by atoms with Crippen LogP contribution in [-0.4, -0.2) is 71.4 Å². The van der Waals surface area contributed by atoms with Crippen LogP contribution in [0.3, 0.4) is 0 Å². The van der Waals surface area contributed by atoms with Crippen molar-refractivity contribution in [2.75, 3.05) is 32.8 Å². The Hall–Kier alpha value is -5.04. The lowest BCUT2D eigenvalue weighted by Crippen LogP contribution is -1.99. The number of phenols is 2. The van der Waals surface area contributed by atoms with Crippen LogP contribution in [-0.2, 0) is 0 Å². The van der Waals surface area contributed by atoms with Gasteiger partial charge >= 0.3 is 0 Å². The predicted octanol–water partition coefficient (Wildman–Crippen LogP) is 14.6. The van der Waals surface area contributed by atoms with Crippen LogP contribution in [0.2, 0.25) is 50.2 Å². The number of halogens is 10. The summed E-state index contributed by atoms with van der Waals surface area (Å²) in [4.78, 5) is 33.4. The van der Waals surface area contributed by atoms with E-state index in [9.17, 15) is 10.2 Å². The average molecular weight is 1150 g/mol. The van der Waals surface area contributed by atoms with Gasteiger partial charge in [-0.25, -0.2) is 29.9 Å². The molecule has 4 heterocycles. The molecule has 25 heteroatoms. The number of anilines is 2. The first-order valence-corrected chi connectivity index (χ1v) is 23.3. The summed E-state index contributed by atoms with van der Waals surface area (Å²) < 4.78 is 15.3. The van der Waals surface area contributed by atoms with E-state index in [1.54, 1.807) is 57.9 Å². The molecule has 0 aliphatic carbocycles. The van der Waals surface area contributed by atoms with Crippen LogP contribution in [0, 0.1) is 27.7 Å². The number of hydrogen-bond acceptors (Lipinski definition) is 15. The van der Waals surface area contributed by atoms with Crippen molar-refractivity contribution in [1.29, 1.82) is 0 Å². The van der Waals surface area contributed by atoms with Crippen molar-refractivity contribution in [2.24, 2.45) is 0 Å². The Morgan fingerprint density at radius 2 is 0.643 bits per heavy atom. The van der Waals surface area contributed by atoms with Gasteiger partial charge in [0.15, 0.2) is 28.7 Å². The summed E-state index contributed by atoms with van der Waals surface area (Å²) >= 11 is 58.7. The first-order chi connectivity index (χ1) is 33.0. The van der Waals surface area contributed by atoms with E-state index in [1.165, 1.54) is 32.4 Å². The number of nitrogen functional groups attached to an aromatic ring is 2. The molecule has 366 valence electrons. The Morgan fingerprint density at radius 3 is 1.10 bits per heavy atom. The molecule has 0 unspecified atom stereocenters. The van der Waals surface area contributed by atoms with E-state index in [-0.39, 0.29) is 32.9 Å². The van der Waals surface area contributed by atoms with Gasteiger partial charge in [0.2, 0.25) is 0 Å². The fourth-order valence-electron chi connectivity index (χ4n) is 5.92. The molecule has 70 heavy (non-hydrogen) atoms. The van der Waals surface area contributed by atoms with Gasteiger partial charge in [-0.05, 0) is 58.0 Å². The lowest BCUT2D eigenvalue weighted by Gasteiger charge is -2.09. The minimum Gasteiger partial charge on any atom is -0.504 e. The number of aromatic hydroxyl groups is 2. The summed E-state index contributed by atoms with van der Waals surface area (Å²) in [5, 5.41) is 22.9. The van der Waals surface area contributed by atoms with Gasteiger partial charge in [-0.2, -0.15) is 0 Å². The second-order valence-corrected chi connectivity index (χ2v) is 18.2. The van der Waals surface area contributed by atoms with E-state index in [4.69, 9.17) is 142 Å². The predicted molar refractivity (Wildman–Crippen MR) is 285 cm³/mol. The van der Waals surface area contributed by atoms with Crippen LogP contribution in [0.1, 0.15) is 22.8 Å². The molecule has 0 radical (unpaired) electrons. The summed E-state index contributed by atoms with van der Waals surface area (Å²) in [6.45, 7) is 7.28.